The van der Waals surface area contributed by atoms with Crippen molar-refractivity contribution in [1.29, 1.82) is 0 Å². The van der Waals surface area contributed by atoms with Crippen LogP contribution in [0.5, 0.6) is 0 Å². The van der Waals surface area contributed by atoms with E-state index in [1.807, 2.05) is 0 Å². The highest BCUT2D eigenvalue weighted by Gasteiger charge is 2.21. The third kappa shape index (κ3) is 22.2. The molecule has 164 valence electrons. The van der Waals surface area contributed by atoms with E-state index in [1.165, 1.54) is 89.9 Å². The normalized spacial score (nSPS) is 13.2. The van der Waals surface area contributed by atoms with E-state index in [2.05, 4.69) is 11.4 Å². The van der Waals surface area contributed by atoms with Crippen LogP contribution in [-0.2, 0) is 13.8 Å². The number of hydrogen-bond donors (Lipinski definition) is 2. The Bertz CT molecular complexity index is 345. The van der Waals surface area contributed by atoms with Gasteiger partial charge in [-0.1, -0.05) is 110 Å². The van der Waals surface area contributed by atoms with Crippen LogP contribution in [0.1, 0.15) is 123 Å². The predicted octanol–water partition coefficient (Wildman–Crippen LogP) is 7.11. The quantitative estimate of drug-likeness (QED) is 0.120. The summed E-state index contributed by atoms with van der Waals surface area (Å²) in [5.41, 5.74) is 0. The van der Waals surface area contributed by atoms with E-state index >= 15 is 0 Å². The van der Waals surface area contributed by atoms with Crippen LogP contribution in [0, 0.1) is 0 Å². The number of phosphoric ester groups is 1. The van der Waals surface area contributed by atoms with Crippen molar-refractivity contribution in [3.8, 4) is 0 Å². The van der Waals surface area contributed by atoms with Gasteiger partial charge in [0.2, 0.25) is 0 Å². The molecule has 0 bridgehead atoms. The molecular weight excluding hydrogens is 363 g/mol. The first-order valence-corrected chi connectivity index (χ1v) is 12.9. The lowest BCUT2D eigenvalue weighted by Crippen LogP contribution is -2.15. The lowest BCUT2D eigenvalue weighted by atomic mass is 10.0. The molecule has 6 heteroatoms. The van der Waals surface area contributed by atoms with Crippen LogP contribution in [0.2, 0.25) is 0 Å². The van der Waals surface area contributed by atoms with E-state index in [4.69, 9.17) is 14.5 Å². The molecule has 27 heavy (non-hydrogen) atoms. The molecule has 0 aliphatic rings. The minimum atomic E-state index is -4.46. The number of ether oxygens (including phenoxy) is 1. The average molecular weight is 409 g/mol. The maximum absolute atomic E-state index is 10.8. The van der Waals surface area contributed by atoms with Crippen molar-refractivity contribution >= 4 is 7.82 Å². The van der Waals surface area contributed by atoms with Gasteiger partial charge in [0, 0.05) is 6.61 Å². The Labute approximate surface area is 167 Å². The van der Waals surface area contributed by atoms with Crippen molar-refractivity contribution in [3.05, 3.63) is 0 Å². The topological polar surface area (TPSA) is 76.0 Å². The monoisotopic (exact) mass is 408 g/mol. The van der Waals surface area contributed by atoms with Gasteiger partial charge in [0.05, 0.1) is 0 Å². The van der Waals surface area contributed by atoms with E-state index in [0.29, 0.717) is 13.0 Å². The van der Waals surface area contributed by atoms with Gasteiger partial charge >= 0.3 is 7.82 Å². The van der Waals surface area contributed by atoms with Gasteiger partial charge in [-0.2, -0.15) is 0 Å². The molecule has 0 aliphatic carbocycles. The zero-order chi connectivity index (χ0) is 20.2. The Morgan fingerprint density at radius 3 is 1.37 bits per heavy atom. The van der Waals surface area contributed by atoms with Crippen molar-refractivity contribution in [2.75, 3.05) is 6.61 Å². The molecule has 0 saturated heterocycles. The summed E-state index contributed by atoms with van der Waals surface area (Å²) in [4.78, 5) is 17.5. The third-order valence-corrected chi connectivity index (χ3v) is 5.40. The lowest BCUT2D eigenvalue weighted by molar-refractivity contribution is -0.0944. The highest BCUT2D eigenvalue weighted by Crippen LogP contribution is 2.38. The van der Waals surface area contributed by atoms with Gasteiger partial charge in [-0.25, -0.2) is 4.57 Å². The summed E-state index contributed by atoms with van der Waals surface area (Å²) in [7, 11) is -4.46. The first-order chi connectivity index (χ1) is 13.0. The fraction of sp³-hybridized carbons (Fsp3) is 1.00. The lowest BCUT2D eigenvalue weighted by Gasteiger charge is -2.16. The molecule has 0 amide bonds. The molecule has 0 radical (unpaired) electrons. The molecule has 2 N–H and O–H groups in total. The molecule has 1 atom stereocenters. The van der Waals surface area contributed by atoms with Crippen molar-refractivity contribution in [2.24, 2.45) is 0 Å². The third-order valence-electron chi connectivity index (χ3n) is 4.89. The molecule has 1 unspecified atom stereocenters. The molecule has 0 aromatic rings. The largest absolute Gasteiger partial charge is 0.471 e. The summed E-state index contributed by atoms with van der Waals surface area (Å²) in [6.45, 7) is 4.55. The SMILES string of the molecule is CCCCCCCCCCCCCCCCCCOC(CC)OP(=O)(O)O. The minimum Gasteiger partial charge on any atom is -0.352 e. The molecule has 0 aliphatic heterocycles. The standard InChI is InChI=1S/C21H45O5P/c1-3-5-6-7-8-9-10-11-12-13-14-15-16-17-18-19-20-25-21(4-2)26-27(22,23)24/h21H,3-20H2,1-2H3,(H2,22,23,24). The van der Waals surface area contributed by atoms with Crippen LogP contribution in [0.25, 0.3) is 0 Å². The molecule has 0 aromatic heterocycles. The average Bonchev–Trinajstić information content (AvgIpc) is 2.62. The second-order valence-electron chi connectivity index (χ2n) is 7.61. The summed E-state index contributed by atoms with van der Waals surface area (Å²) in [6, 6.07) is 0. The van der Waals surface area contributed by atoms with Gasteiger partial charge in [-0.3, -0.25) is 4.52 Å². The fourth-order valence-corrected chi connectivity index (χ4v) is 3.76. The maximum atomic E-state index is 10.8. The number of rotatable bonds is 21. The second kappa shape index (κ2) is 19.4. The zero-order valence-corrected chi connectivity index (χ0v) is 18.8. The molecule has 0 rings (SSSR count). The van der Waals surface area contributed by atoms with E-state index < -0.39 is 14.1 Å². The van der Waals surface area contributed by atoms with E-state index in [0.717, 1.165) is 12.8 Å². The Kier molecular flexibility index (Phi) is 19.4. The summed E-state index contributed by atoms with van der Waals surface area (Å²) in [6.07, 6.45) is 20.8. The highest BCUT2D eigenvalue weighted by atomic mass is 31.2. The second-order valence-corrected chi connectivity index (χ2v) is 8.80. The summed E-state index contributed by atoms with van der Waals surface area (Å²) >= 11 is 0. The van der Waals surface area contributed by atoms with Gasteiger partial charge < -0.3 is 14.5 Å². The number of unbranched alkanes of at least 4 members (excludes halogenated alkanes) is 15. The van der Waals surface area contributed by atoms with Crippen LogP contribution in [0.3, 0.4) is 0 Å². The fourth-order valence-electron chi connectivity index (χ4n) is 3.24. The number of phosphoric acid groups is 1. The predicted molar refractivity (Wildman–Crippen MR) is 113 cm³/mol. The summed E-state index contributed by atoms with van der Waals surface area (Å²) in [5, 5.41) is 0. The molecule has 0 aromatic carbocycles. The van der Waals surface area contributed by atoms with Crippen molar-refractivity contribution in [2.45, 2.75) is 129 Å². The van der Waals surface area contributed by atoms with Gasteiger partial charge in [-0.15, -0.1) is 0 Å². The minimum absolute atomic E-state index is 0.434. The van der Waals surface area contributed by atoms with Crippen LogP contribution in [0.15, 0.2) is 0 Å². The van der Waals surface area contributed by atoms with Crippen LogP contribution in [0.4, 0.5) is 0 Å². The molecular formula is C21H45O5P. The Hall–Kier alpha value is 0.0700. The molecule has 0 fully saturated rings. The van der Waals surface area contributed by atoms with Gasteiger partial charge in [0.15, 0.2) is 6.29 Å². The Morgan fingerprint density at radius 2 is 1.04 bits per heavy atom. The van der Waals surface area contributed by atoms with Crippen molar-refractivity contribution in [1.82, 2.24) is 0 Å². The van der Waals surface area contributed by atoms with Gasteiger partial charge in [-0.05, 0) is 12.8 Å². The first kappa shape index (κ1) is 27.1. The van der Waals surface area contributed by atoms with Crippen molar-refractivity contribution < 1.29 is 23.6 Å². The van der Waals surface area contributed by atoms with Crippen LogP contribution in [-0.4, -0.2) is 22.7 Å². The molecule has 0 saturated carbocycles. The molecule has 5 nitrogen and oxygen atoms in total. The molecule has 0 heterocycles. The van der Waals surface area contributed by atoms with E-state index in [-0.39, 0.29) is 0 Å². The molecule has 0 spiro atoms. The zero-order valence-electron chi connectivity index (χ0n) is 17.9. The summed E-state index contributed by atoms with van der Waals surface area (Å²) in [5.74, 6) is 0. The number of hydrogen-bond acceptors (Lipinski definition) is 3. The Morgan fingerprint density at radius 1 is 0.667 bits per heavy atom. The van der Waals surface area contributed by atoms with Crippen molar-refractivity contribution in [3.63, 3.8) is 0 Å². The first-order valence-electron chi connectivity index (χ1n) is 11.3. The summed E-state index contributed by atoms with van der Waals surface area (Å²) < 4.78 is 20.7. The van der Waals surface area contributed by atoms with Crippen LogP contribution >= 0.6 is 7.82 Å². The van der Waals surface area contributed by atoms with E-state index in [9.17, 15) is 4.57 Å². The maximum Gasteiger partial charge on any atom is 0.471 e. The van der Waals surface area contributed by atoms with Gasteiger partial charge in [0.1, 0.15) is 0 Å². The Balaban J connectivity index is 3.22. The smallest absolute Gasteiger partial charge is 0.352 e. The van der Waals surface area contributed by atoms with Crippen LogP contribution < -0.4 is 0 Å². The highest BCUT2D eigenvalue weighted by molar-refractivity contribution is 7.46. The van der Waals surface area contributed by atoms with E-state index in [1.54, 1.807) is 6.92 Å². The van der Waals surface area contributed by atoms with Gasteiger partial charge in [0.25, 0.3) is 0 Å².